The summed E-state index contributed by atoms with van der Waals surface area (Å²) in [6, 6.07) is 16.7. The van der Waals surface area contributed by atoms with Gasteiger partial charge in [-0.15, -0.1) is 0 Å². The highest BCUT2D eigenvalue weighted by molar-refractivity contribution is 7.99. The van der Waals surface area contributed by atoms with Gasteiger partial charge in [0.1, 0.15) is 0 Å². The van der Waals surface area contributed by atoms with E-state index in [0.29, 0.717) is 6.54 Å². The van der Waals surface area contributed by atoms with Crippen molar-refractivity contribution in [1.29, 1.82) is 0 Å². The molecule has 2 heteroatoms. The Balaban J connectivity index is 2.11. The molecule has 0 aromatic heterocycles. The minimum Gasteiger partial charge on any atom is -0.330 e. The van der Waals surface area contributed by atoms with E-state index in [1.807, 2.05) is 18.2 Å². The quantitative estimate of drug-likeness (QED) is 0.887. The number of hydrogen-bond donors (Lipinski definition) is 1. The van der Waals surface area contributed by atoms with Crippen LogP contribution in [0.3, 0.4) is 0 Å². The molecule has 1 radical (unpaired) electrons. The van der Waals surface area contributed by atoms with Crippen LogP contribution < -0.4 is 5.73 Å². The first kappa shape index (κ1) is 12.2. The third kappa shape index (κ3) is 3.35. The number of benzene rings is 2. The van der Waals surface area contributed by atoms with Gasteiger partial charge in [0, 0.05) is 9.79 Å². The molecule has 2 aromatic rings. The fourth-order valence-corrected chi connectivity index (χ4v) is 2.49. The van der Waals surface area contributed by atoms with Crippen LogP contribution >= 0.6 is 11.8 Å². The van der Waals surface area contributed by atoms with Crippen molar-refractivity contribution in [1.82, 2.24) is 0 Å². The molecule has 1 nitrogen and oxygen atoms in total. The van der Waals surface area contributed by atoms with Crippen LogP contribution in [-0.4, -0.2) is 6.54 Å². The van der Waals surface area contributed by atoms with E-state index in [0.717, 1.165) is 12.0 Å². The second-order valence-corrected chi connectivity index (χ2v) is 5.01. The summed E-state index contributed by atoms with van der Waals surface area (Å²) >= 11 is 1.75. The highest BCUT2D eigenvalue weighted by atomic mass is 32.2. The lowest BCUT2D eigenvalue weighted by atomic mass is 10.2. The van der Waals surface area contributed by atoms with E-state index in [9.17, 15) is 0 Å². The maximum atomic E-state index is 5.53. The van der Waals surface area contributed by atoms with Gasteiger partial charge in [0.25, 0.3) is 0 Å². The molecule has 0 heterocycles. The van der Waals surface area contributed by atoms with Crippen LogP contribution in [0.25, 0.3) is 0 Å². The maximum Gasteiger partial charge on any atom is 0.0154 e. The number of rotatable bonds is 4. The first-order valence-corrected chi connectivity index (χ1v) is 6.49. The Labute approximate surface area is 107 Å². The molecule has 0 bridgehead atoms. The van der Waals surface area contributed by atoms with E-state index in [-0.39, 0.29) is 0 Å². The molecule has 87 valence electrons. The van der Waals surface area contributed by atoms with Gasteiger partial charge in [0.15, 0.2) is 0 Å². The molecular formula is C15H16NS. The van der Waals surface area contributed by atoms with Crippen molar-refractivity contribution < 1.29 is 0 Å². The van der Waals surface area contributed by atoms with Crippen LogP contribution in [0.15, 0.2) is 58.3 Å². The summed E-state index contributed by atoms with van der Waals surface area (Å²) in [5.74, 6) is 0. The second-order valence-electron chi connectivity index (χ2n) is 3.89. The van der Waals surface area contributed by atoms with Gasteiger partial charge in [-0.05, 0) is 49.2 Å². The van der Waals surface area contributed by atoms with Crippen LogP contribution in [0.2, 0.25) is 0 Å². The topological polar surface area (TPSA) is 26.0 Å². The summed E-state index contributed by atoms with van der Waals surface area (Å²) in [6.45, 7) is 4.73. The van der Waals surface area contributed by atoms with Crippen molar-refractivity contribution in [3.05, 3.63) is 66.6 Å². The molecule has 17 heavy (non-hydrogen) atoms. The second kappa shape index (κ2) is 5.89. The third-order valence-electron chi connectivity index (χ3n) is 2.56. The molecule has 0 aliphatic heterocycles. The summed E-state index contributed by atoms with van der Waals surface area (Å²) in [6.07, 6.45) is 0.941. The zero-order chi connectivity index (χ0) is 12.1. The maximum absolute atomic E-state index is 5.53. The molecule has 2 N–H and O–H groups in total. The Morgan fingerprint density at radius 3 is 2.35 bits per heavy atom. The lowest BCUT2D eigenvalue weighted by molar-refractivity contribution is 0.966. The fourth-order valence-electron chi connectivity index (χ4n) is 1.62. The highest BCUT2D eigenvalue weighted by Gasteiger charge is 2.00. The van der Waals surface area contributed by atoms with Crippen LogP contribution in [0.1, 0.15) is 11.1 Å². The molecule has 0 unspecified atom stereocenters. The fraction of sp³-hybridized carbons (Fsp3) is 0.133. The summed E-state index contributed by atoms with van der Waals surface area (Å²) in [7, 11) is 0. The smallest absolute Gasteiger partial charge is 0.0154 e. The molecule has 0 saturated heterocycles. The van der Waals surface area contributed by atoms with Crippen molar-refractivity contribution in [2.45, 2.75) is 16.2 Å². The van der Waals surface area contributed by atoms with Crippen LogP contribution in [0.5, 0.6) is 0 Å². The van der Waals surface area contributed by atoms with Crippen molar-refractivity contribution in [3.8, 4) is 0 Å². The van der Waals surface area contributed by atoms with Crippen LogP contribution in [-0.2, 0) is 6.42 Å². The van der Waals surface area contributed by atoms with Gasteiger partial charge in [-0.2, -0.15) is 0 Å². The van der Waals surface area contributed by atoms with Gasteiger partial charge in [-0.25, -0.2) is 0 Å². The number of nitrogens with two attached hydrogens (primary N) is 1. The molecule has 2 rings (SSSR count). The normalized spacial score (nSPS) is 10.5. The Hall–Kier alpha value is -1.25. The lowest BCUT2D eigenvalue weighted by Gasteiger charge is -2.06. The molecule has 0 fully saturated rings. The van der Waals surface area contributed by atoms with E-state index in [1.54, 1.807) is 11.8 Å². The van der Waals surface area contributed by atoms with Crippen molar-refractivity contribution in [2.24, 2.45) is 5.73 Å². The Morgan fingerprint density at radius 1 is 1.00 bits per heavy atom. The monoisotopic (exact) mass is 242 g/mol. The molecule has 0 amide bonds. The largest absolute Gasteiger partial charge is 0.330 e. The first-order chi connectivity index (χ1) is 8.29. The summed E-state index contributed by atoms with van der Waals surface area (Å²) in [4.78, 5) is 2.45. The zero-order valence-corrected chi connectivity index (χ0v) is 10.5. The van der Waals surface area contributed by atoms with Crippen molar-refractivity contribution >= 4 is 11.8 Å². The molecule has 2 aromatic carbocycles. The minimum atomic E-state index is 0.703. The van der Waals surface area contributed by atoms with Crippen molar-refractivity contribution in [2.75, 3.05) is 6.54 Å². The van der Waals surface area contributed by atoms with Crippen LogP contribution in [0.4, 0.5) is 0 Å². The molecule has 0 aliphatic carbocycles. The van der Waals surface area contributed by atoms with Crippen LogP contribution in [0, 0.1) is 6.92 Å². The van der Waals surface area contributed by atoms with E-state index in [1.165, 1.54) is 15.4 Å². The Bertz CT molecular complexity index is 477. The van der Waals surface area contributed by atoms with Gasteiger partial charge >= 0.3 is 0 Å². The summed E-state index contributed by atoms with van der Waals surface area (Å²) < 4.78 is 0. The lowest BCUT2D eigenvalue weighted by Crippen LogP contribution is -2.02. The minimum absolute atomic E-state index is 0.703. The molecular weight excluding hydrogens is 226 g/mol. The van der Waals surface area contributed by atoms with E-state index in [2.05, 4.69) is 37.3 Å². The zero-order valence-electron chi connectivity index (χ0n) is 9.73. The average Bonchev–Trinajstić information content (AvgIpc) is 2.35. The summed E-state index contributed by atoms with van der Waals surface area (Å²) in [5, 5.41) is 0. The van der Waals surface area contributed by atoms with Gasteiger partial charge in [-0.1, -0.05) is 42.1 Å². The molecule has 0 atom stereocenters. The predicted molar refractivity (Wildman–Crippen MR) is 74.2 cm³/mol. The SMILES string of the molecule is [CH2]c1ccccc1Sc1ccc(CCN)cc1. The van der Waals surface area contributed by atoms with E-state index < -0.39 is 0 Å². The molecule has 0 aliphatic rings. The van der Waals surface area contributed by atoms with Gasteiger partial charge in [0.05, 0.1) is 0 Å². The standard InChI is InChI=1S/C15H16NS/c1-12-4-2-3-5-15(12)17-14-8-6-13(7-9-14)10-11-16/h2-9H,1,10-11,16H2. The van der Waals surface area contributed by atoms with E-state index >= 15 is 0 Å². The summed E-state index contributed by atoms with van der Waals surface area (Å²) in [5.41, 5.74) is 7.89. The third-order valence-corrected chi connectivity index (χ3v) is 3.68. The first-order valence-electron chi connectivity index (χ1n) is 5.67. The Morgan fingerprint density at radius 2 is 1.71 bits per heavy atom. The van der Waals surface area contributed by atoms with Gasteiger partial charge in [-0.3, -0.25) is 0 Å². The number of hydrogen-bond acceptors (Lipinski definition) is 2. The Kier molecular flexibility index (Phi) is 4.24. The van der Waals surface area contributed by atoms with E-state index in [4.69, 9.17) is 5.73 Å². The van der Waals surface area contributed by atoms with Crippen molar-refractivity contribution in [3.63, 3.8) is 0 Å². The van der Waals surface area contributed by atoms with Gasteiger partial charge < -0.3 is 5.73 Å². The molecule has 0 spiro atoms. The van der Waals surface area contributed by atoms with Gasteiger partial charge in [0.2, 0.25) is 0 Å². The highest BCUT2D eigenvalue weighted by Crippen LogP contribution is 2.29. The molecule has 0 saturated carbocycles. The predicted octanol–water partition coefficient (Wildman–Crippen LogP) is 3.52. The average molecular weight is 242 g/mol.